The van der Waals surface area contributed by atoms with Crippen LogP contribution in [0.15, 0.2) is 54.9 Å². The van der Waals surface area contributed by atoms with Crippen molar-refractivity contribution in [1.82, 2.24) is 19.7 Å². The van der Waals surface area contributed by atoms with E-state index in [-0.39, 0.29) is 28.6 Å². The maximum Gasteiger partial charge on any atom is 0.309 e. The van der Waals surface area contributed by atoms with Gasteiger partial charge in [0, 0.05) is 17.0 Å². The Morgan fingerprint density at radius 2 is 1.83 bits per heavy atom. The predicted molar refractivity (Wildman–Crippen MR) is 162 cm³/mol. The van der Waals surface area contributed by atoms with Crippen molar-refractivity contribution in [2.24, 2.45) is 5.92 Å². The van der Waals surface area contributed by atoms with E-state index in [9.17, 15) is 23.2 Å². The molecule has 3 aromatic heterocycles. The normalized spacial score (nSPS) is 14.5. The zero-order chi connectivity index (χ0) is 32.7. The van der Waals surface area contributed by atoms with Crippen LogP contribution in [0.4, 0.5) is 24.7 Å². The molecule has 2 aromatic carbocycles. The highest BCUT2D eigenvalue weighted by molar-refractivity contribution is 6.25. The van der Waals surface area contributed by atoms with Crippen molar-refractivity contribution < 1.29 is 32.3 Å². The first kappa shape index (κ1) is 30.1. The van der Waals surface area contributed by atoms with Crippen molar-refractivity contribution >= 4 is 40.0 Å². The summed E-state index contributed by atoms with van der Waals surface area (Å²) in [6, 6.07) is 8.60. The lowest BCUT2D eigenvalue weighted by Crippen LogP contribution is -2.43. The fourth-order valence-electron chi connectivity index (χ4n) is 5.14. The Hall–Kier alpha value is -5.90. The van der Waals surface area contributed by atoms with Crippen molar-refractivity contribution in [2.75, 3.05) is 10.6 Å². The number of carbonyl (C=O) groups is 3. The number of unbranched alkanes of at least 4 members (excludes halogenated alkanes) is 1. The van der Waals surface area contributed by atoms with E-state index in [1.165, 1.54) is 41.3 Å². The summed E-state index contributed by atoms with van der Waals surface area (Å²) in [7, 11) is 0. The fourth-order valence-corrected chi connectivity index (χ4v) is 5.14. The van der Waals surface area contributed by atoms with Crippen LogP contribution >= 0.6 is 0 Å². The molecule has 0 saturated heterocycles. The lowest BCUT2D eigenvalue weighted by atomic mass is 9.98. The number of hydrogen-bond donors (Lipinski definition) is 2. The number of ether oxygens (including phenoxy) is 1. The molecule has 13 heteroatoms. The van der Waals surface area contributed by atoms with Gasteiger partial charge in [-0.25, -0.2) is 27.7 Å². The van der Waals surface area contributed by atoms with E-state index in [0.717, 1.165) is 35.9 Å². The van der Waals surface area contributed by atoms with Crippen LogP contribution in [0.5, 0.6) is 11.6 Å². The number of ketones is 1. The first-order valence-corrected chi connectivity index (χ1v) is 14.3. The number of aromatic nitrogens is 4. The van der Waals surface area contributed by atoms with Crippen molar-refractivity contribution in [1.29, 1.82) is 0 Å². The molecule has 0 fully saturated rings. The number of imide groups is 1. The second-order valence-electron chi connectivity index (χ2n) is 10.7. The summed E-state index contributed by atoms with van der Waals surface area (Å²) in [6.45, 7) is 3.63. The number of para-hydroxylation sites is 1. The van der Waals surface area contributed by atoms with Crippen molar-refractivity contribution in [3.63, 3.8) is 0 Å². The third-order valence-electron chi connectivity index (χ3n) is 7.56. The number of halogens is 3. The number of carbonyl (C=O) groups excluding carboxylic acids is 3. The number of aromatic amines is 1. The third-order valence-corrected chi connectivity index (χ3v) is 7.56. The summed E-state index contributed by atoms with van der Waals surface area (Å²) in [5.74, 6) is -0.949. The number of aryl methyl sites for hydroxylation is 1. The molecular formula is C33H25F3N6O4. The lowest BCUT2D eigenvalue weighted by molar-refractivity contribution is -0.126. The standard InChI is InChI=1S/C33H25F3N6O4/c1-3-4-6-18-9-10-29(43)41(33(18)45)26-14-24-19(12-23(26)36)13-25(40-24)30(44)20-15-39-42(32(20)37)27-16-38-28(11-17(27)2)46-31-21(34)7-5-8-22(31)35/h5,7-8,11-16,18,40H,3-4,6,37H2,1-2H3/t18-/m1/s1. The monoisotopic (exact) mass is 626 g/mol. The second kappa shape index (κ2) is 11.9. The topological polar surface area (TPSA) is 136 Å². The molecule has 6 rings (SSSR count). The number of hydrogen-bond acceptors (Lipinski definition) is 7. The molecule has 232 valence electrons. The molecule has 5 aromatic rings. The summed E-state index contributed by atoms with van der Waals surface area (Å²) in [6.07, 6.45) is 4.60. The molecule has 3 N–H and O–H groups in total. The SMILES string of the molecule is CCCC[C@@H]1C#CC(=O)N(c2cc3[nH]c(C(=O)c4cnn(-c5cnc(Oc6c(F)cccc6F)cc5C)c4N)cc3cc2F)C1=O. The summed E-state index contributed by atoms with van der Waals surface area (Å²) in [4.78, 5) is 46.9. The highest BCUT2D eigenvalue weighted by atomic mass is 19.1. The van der Waals surface area contributed by atoms with Crippen LogP contribution in [0, 0.1) is 42.1 Å². The van der Waals surface area contributed by atoms with Crippen LogP contribution in [0.3, 0.4) is 0 Å². The van der Waals surface area contributed by atoms with E-state index >= 15 is 4.39 Å². The number of nitrogen functional groups attached to an aromatic ring is 1. The van der Waals surface area contributed by atoms with Crippen molar-refractivity contribution in [2.45, 2.75) is 33.1 Å². The Morgan fingerprint density at radius 1 is 1.07 bits per heavy atom. The van der Waals surface area contributed by atoms with E-state index in [4.69, 9.17) is 10.5 Å². The number of rotatable bonds is 9. The van der Waals surface area contributed by atoms with E-state index < -0.39 is 46.7 Å². The molecule has 10 nitrogen and oxygen atoms in total. The molecule has 0 bridgehead atoms. The van der Waals surface area contributed by atoms with Gasteiger partial charge in [-0.05, 0) is 55.2 Å². The van der Waals surface area contributed by atoms with Crippen LogP contribution in [0.2, 0.25) is 0 Å². The van der Waals surface area contributed by atoms with Gasteiger partial charge in [0.2, 0.25) is 23.3 Å². The van der Waals surface area contributed by atoms with E-state index in [1.807, 2.05) is 6.92 Å². The second-order valence-corrected chi connectivity index (χ2v) is 10.7. The minimum atomic E-state index is -0.891. The largest absolute Gasteiger partial charge is 0.433 e. The molecule has 0 spiro atoms. The van der Waals surface area contributed by atoms with Gasteiger partial charge in [0.25, 0.3) is 0 Å². The van der Waals surface area contributed by atoms with Crippen LogP contribution in [-0.4, -0.2) is 37.3 Å². The molecule has 1 aliphatic rings. The summed E-state index contributed by atoms with van der Waals surface area (Å²) in [5, 5.41) is 4.55. The number of benzene rings is 2. The Labute approximate surface area is 260 Å². The Bertz CT molecular complexity index is 2110. The zero-order valence-electron chi connectivity index (χ0n) is 24.5. The van der Waals surface area contributed by atoms with Gasteiger partial charge < -0.3 is 15.5 Å². The fraction of sp³-hybridized carbons (Fsp3) is 0.182. The number of nitrogens with one attached hydrogen (secondary N) is 1. The third kappa shape index (κ3) is 5.34. The van der Waals surface area contributed by atoms with Gasteiger partial charge in [-0.15, -0.1) is 0 Å². The van der Waals surface area contributed by atoms with Crippen LogP contribution in [0.25, 0.3) is 16.6 Å². The van der Waals surface area contributed by atoms with Gasteiger partial charge in [0.05, 0.1) is 35.0 Å². The molecular weight excluding hydrogens is 601 g/mol. The Balaban J connectivity index is 1.27. The van der Waals surface area contributed by atoms with Crippen molar-refractivity contribution in [3.8, 4) is 29.2 Å². The maximum atomic E-state index is 15.3. The number of nitrogens with two attached hydrogens (primary N) is 1. The molecule has 2 amide bonds. The minimum absolute atomic E-state index is 0.0239. The minimum Gasteiger partial charge on any atom is -0.433 e. The van der Waals surface area contributed by atoms with E-state index in [0.29, 0.717) is 28.6 Å². The van der Waals surface area contributed by atoms with Crippen LogP contribution < -0.4 is 15.4 Å². The molecule has 0 radical (unpaired) electrons. The summed E-state index contributed by atoms with van der Waals surface area (Å²) in [5.41, 5.74) is 7.33. The van der Waals surface area contributed by atoms with E-state index in [2.05, 4.69) is 26.9 Å². The molecule has 0 saturated carbocycles. The number of fused-ring (bicyclic) bond motifs is 1. The lowest BCUT2D eigenvalue weighted by Gasteiger charge is -2.24. The summed E-state index contributed by atoms with van der Waals surface area (Å²) >= 11 is 0. The van der Waals surface area contributed by atoms with Crippen molar-refractivity contribution in [3.05, 3.63) is 89.1 Å². The van der Waals surface area contributed by atoms with Gasteiger partial charge in [-0.1, -0.05) is 31.8 Å². The molecule has 1 atom stereocenters. The Morgan fingerprint density at radius 3 is 2.54 bits per heavy atom. The number of nitrogens with zero attached hydrogens (tertiary/aromatic N) is 4. The van der Waals surface area contributed by atoms with Crippen LogP contribution in [-0.2, 0) is 9.59 Å². The average Bonchev–Trinajstić information content (AvgIpc) is 3.61. The number of amides is 2. The van der Waals surface area contributed by atoms with Gasteiger partial charge in [0.1, 0.15) is 17.6 Å². The zero-order valence-corrected chi connectivity index (χ0v) is 24.5. The summed E-state index contributed by atoms with van der Waals surface area (Å²) < 4.78 is 49.9. The smallest absolute Gasteiger partial charge is 0.309 e. The molecule has 4 heterocycles. The van der Waals surface area contributed by atoms with Gasteiger partial charge >= 0.3 is 5.91 Å². The molecule has 0 aliphatic carbocycles. The molecule has 46 heavy (non-hydrogen) atoms. The highest BCUT2D eigenvalue weighted by Gasteiger charge is 2.34. The quantitative estimate of drug-likeness (QED) is 0.121. The predicted octanol–water partition coefficient (Wildman–Crippen LogP) is 5.76. The van der Waals surface area contributed by atoms with Gasteiger partial charge in [-0.3, -0.25) is 14.4 Å². The van der Waals surface area contributed by atoms with Gasteiger partial charge in [0.15, 0.2) is 11.6 Å². The number of H-pyrrole nitrogens is 1. The average molecular weight is 627 g/mol. The van der Waals surface area contributed by atoms with Gasteiger partial charge in [-0.2, -0.15) is 5.10 Å². The first-order valence-electron chi connectivity index (χ1n) is 14.3. The number of pyridine rings is 1. The molecule has 0 unspecified atom stereocenters. The number of anilines is 2. The van der Waals surface area contributed by atoms with E-state index in [1.54, 1.807) is 6.92 Å². The maximum absolute atomic E-state index is 15.3. The Kier molecular flexibility index (Phi) is 7.79. The first-order chi connectivity index (χ1) is 22.1. The highest BCUT2D eigenvalue weighted by Crippen LogP contribution is 2.32. The molecule has 1 aliphatic heterocycles. The van der Waals surface area contributed by atoms with Crippen LogP contribution in [0.1, 0.15) is 47.8 Å².